The van der Waals surface area contributed by atoms with Crippen LogP contribution in [0.5, 0.6) is 0 Å². The van der Waals surface area contributed by atoms with Crippen molar-refractivity contribution in [3.8, 4) is 0 Å². The predicted octanol–water partition coefficient (Wildman–Crippen LogP) is 6.32. The normalized spacial score (nSPS) is 13.2. The quantitative estimate of drug-likeness (QED) is 0.513. The lowest BCUT2D eigenvalue weighted by Crippen LogP contribution is -2.31. The molecular formula is C28H31FN2O. The van der Waals surface area contributed by atoms with Crippen LogP contribution in [0.25, 0.3) is 0 Å². The summed E-state index contributed by atoms with van der Waals surface area (Å²) in [5, 5.41) is 3.43. The van der Waals surface area contributed by atoms with Crippen LogP contribution in [0.15, 0.2) is 66.7 Å². The van der Waals surface area contributed by atoms with Gasteiger partial charge < -0.3 is 10.2 Å². The van der Waals surface area contributed by atoms with E-state index < -0.39 is 0 Å². The molecule has 0 spiro atoms. The van der Waals surface area contributed by atoms with E-state index in [2.05, 4.69) is 56.4 Å². The largest absolute Gasteiger partial charge is 0.384 e. The van der Waals surface area contributed by atoms with Crippen LogP contribution in [0.3, 0.4) is 0 Å². The average molecular weight is 431 g/mol. The van der Waals surface area contributed by atoms with E-state index in [0.717, 1.165) is 36.2 Å². The van der Waals surface area contributed by atoms with E-state index in [-0.39, 0.29) is 17.1 Å². The maximum Gasteiger partial charge on any atom is 0.256 e. The fourth-order valence-corrected chi connectivity index (χ4v) is 4.20. The molecule has 1 aliphatic heterocycles. The zero-order valence-corrected chi connectivity index (χ0v) is 19.1. The SMILES string of the molecule is CC(C)(C)c1ccc(CN(Cc2ccc(F)cc2)C(=O)c2cccc3c2NCCC3)cc1. The molecule has 1 aliphatic rings. The number of benzene rings is 3. The van der Waals surface area contributed by atoms with E-state index in [1.807, 2.05) is 17.0 Å². The number of para-hydroxylation sites is 1. The molecule has 0 bridgehead atoms. The van der Waals surface area contributed by atoms with Crippen molar-refractivity contribution in [2.75, 3.05) is 11.9 Å². The van der Waals surface area contributed by atoms with E-state index in [1.165, 1.54) is 23.3 Å². The molecule has 0 saturated heterocycles. The van der Waals surface area contributed by atoms with Gasteiger partial charge in [-0.05, 0) is 58.7 Å². The third-order valence-corrected chi connectivity index (χ3v) is 6.07. The van der Waals surface area contributed by atoms with Gasteiger partial charge in [-0.3, -0.25) is 4.79 Å². The van der Waals surface area contributed by atoms with Gasteiger partial charge in [-0.15, -0.1) is 0 Å². The van der Waals surface area contributed by atoms with E-state index in [9.17, 15) is 9.18 Å². The molecule has 1 heterocycles. The Kier molecular flexibility index (Phi) is 6.31. The van der Waals surface area contributed by atoms with Gasteiger partial charge in [0.05, 0.1) is 11.3 Å². The summed E-state index contributed by atoms with van der Waals surface area (Å²) in [5.74, 6) is -0.286. The summed E-state index contributed by atoms with van der Waals surface area (Å²) < 4.78 is 13.4. The number of carbonyl (C=O) groups excluding carboxylic acids is 1. The molecule has 0 aromatic heterocycles. The molecule has 0 fully saturated rings. The number of halogens is 1. The van der Waals surface area contributed by atoms with Gasteiger partial charge in [-0.25, -0.2) is 4.39 Å². The van der Waals surface area contributed by atoms with E-state index in [4.69, 9.17) is 0 Å². The number of nitrogens with one attached hydrogen (secondary N) is 1. The number of hydrogen-bond acceptors (Lipinski definition) is 2. The van der Waals surface area contributed by atoms with Crippen LogP contribution >= 0.6 is 0 Å². The van der Waals surface area contributed by atoms with Crippen molar-refractivity contribution in [2.24, 2.45) is 0 Å². The van der Waals surface area contributed by atoms with Crippen molar-refractivity contribution in [1.82, 2.24) is 4.90 Å². The molecule has 4 heteroatoms. The lowest BCUT2D eigenvalue weighted by molar-refractivity contribution is 0.0731. The molecule has 0 atom stereocenters. The topological polar surface area (TPSA) is 32.3 Å². The molecule has 166 valence electrons. The second-order valence-corrected chi connectivity index (χ2v) is 9.60. The molecule has 1 N–H and O–H groups in total. The number of fused-ring (bicyclic) bond motifs is 1. The van der Waals surface area contributed by atoms with Gasteiger partial charge in [0, 0.05) is 19.6 Å². The highest BCUT2D eigenvalue weighted by Crippen LogP contribution is 2.28. The zero-order chi connectivity index (χ0) is 22.7. The first kappa shape index (κ1) is 22.1. The monoisotopic (exact) mass is 430 g/mol. The fourth-order valence-electron chi connectivity index (χ4n) is 4.20. The minimum atomic E-state index is -0.272. The van der Waals surface area contributed by atoms with Gasteiger partial charge in [0.2, 0.25) is 0 Å². The van der Waals surface area contributed by atoms with Crippen molar-refractivity contribution in [3.63, 3.8) is 0 Å². The van der Waals surface area contributed by atoms with Crippen LogP contribution in [0.4, 0.5) is 10.1 Å². The van der Waals surface area contributed by atoms with Gasteiger partial charge in [0.25, 0.3) is 5.91 Å². The van der Waals surface area contributed by atoms with Crippen LogP contribution < -0.4 is 5.32 Å². The van der Waals surface area contributed by atoms with Crippen molar-refractivity contribution < 1.29 is 9.18 Å². The Morgan fingerprint density at radius 3 is 2.19 bits per heavy atom. The first-order valence-corrected chi connectivity index (χ1v) is 11.3. The molecule has 0 radical (unpaired) electrons. The highest BCUT2D eigenvalue weighted by Gasteiger charge is 2.23. The first-order valence-electron chi connectivity index (χ1n) is 11.3. The van der Waals surface area contributed by atoms with Crippen molar-refractivity contribution >= 4 is 11.6 Å². The maximum atomic E-state index is 13.7. The lowest BCUT2D eigenvalue weighted by Gasteiger charge is -2.27. The van der Waals surface area contributed by atoms with Gasteiger partial charge in [0.1, 0.15) is 5.82 Å². The Balaban J connectivity index is 1.64. The number of amides is 1. The summed E-state index contributed by atoms with van der Waals surface area (Å²) in [4.78, 5) is 15.6. The van der Waals surface area contributed by atoms with Gasteiger partial charge in [0.15, 0.2) is 0 Å². The molecule has 4 rings (SSSR count). The van der Waals surface area contributed by atoms with Crippen molar-refractivity contribution in [1.29, 1.82) is 0 Å². The summed E-state index contributed by atoms with van der Waals surface area (Å²) in [6, 6.07) is 20.8. The third kappa shape index (κ3) is 5.01. The Labute approximate surface area is 190 Å². The number of hydrogen-bond donors (Lipinski definition) is 1. The summed E-state index contributed by atoms with van der Waals surface area (Å²) in [7, 11) is 0. The molecule has 1 amide bonds. The molecule has 3 nitrogen and oxygen atoms in total. The Hall–Kier alpha value is -3.14. The minimum Gasteiger partial charge on any atom is -0.384 e. The molecule has 3 aromatic rings. The Bertz CT molecular complexity index is 1080. The summed E-state index contributed by atoms with van der Waals surface area (Å²) in [6.07, 6.45) is 2.06. The van der Waals surface area contributed by atoms with Gasteiger partial charge in [-0.2, -0.15) is 0 Å². The van der Waals surface area contributed by atoms with Crippen LogP contribution in [0.1, 0.15) is 59.8 Å². The minimum absolute atomic E-state index is 0.0135. The molecule has 0 aliphatic carbocycles. The van der Waals surface area contributed by atoms with Gasteiger partial charge in [-0.1, -0.05) is 69.3 Å². The number of nitrogens with zero attached hydrogens (tertiary/aromatic N) is 1. The molecule has 0 unspecified atom stereocenters. The number of carbonyl (C=O) groups is 1. The number of aryl methyl sites for hydroxylation is 1. The second-order valence-electron chi connectivity index (χ2n) is 9.60. The lowest BCUT2D eigenvalue weighted by atomic mass is 9.87. The molecule has 3 aromatic carbocycles. The van der Waals surface area contributed by atoms with Crippen molar-refractivity contribution in [3.05, 3.63) is 100 Å². The Morgan fingerprint density at radius 2 is 1.56 bits per heavy atom. The van der Waals surface area contributed by atoms with Gasteiger partial charge >= 0.3 is 0 Å². The Morgan fingerprint density at radius 1 is 0.938 bits per heavy atom. The van der Waals surface area contributed by atoms with Crippen molar-refractivity contribution in [2.45, 2.75) is 52.1 Å². The highest BCUT2D eigenvalue weighted by atomic mass is 19.1. The molecule has 0 saturated carbocycles. The first-order chi connectivity index (χ1) is 15.3. The summed E-state index contributed by atoms with van der Waals surface area (Å²) >= 11 is 0. The van der Waals surface area contributed by atoms with Crippen LogP contribution in [-0.4, -0.2) is 17.4 Å². The van der Waals surface area contributed by atoms with Crippen LogP contribution in [0, 0.1) is 5.82 Å². The molecule has 32 heavy (non-hydrogen) atoms. The van der Waals surface area contributed by atoms with Crippen LogP contribution in [0.2, 0.25) is 0 Å². The average Bonchev–Trinajstić information content (AvgIpc) is 2.79. The fraction of sp³-hybridized carbons (Fsp3) is 0.321. The third-order valence-electron chi connectivity index (χ3n) is 6.07. The number of rotatable bonds is 5. The smallest absolute Gasteiger partial charge is 0.256 e. The second kappa shape index (κ2) is 9.15. The van der Waals surface area contributed by atoms with E-state index in [1.54, 1.807) is 12.1 Å². The summed E-state index contributed by atoms with van der Waals surface area (Å²) in [5.41, 5.74) is 6.18. The standard InChI is InChI=1S/C28H31FN2O/c1-28(2,3)23-13-9-20(10-14-23)18-31(19-21-11-15-24(29)16-12-21)27(32)25-8-4-6-22-7-5-17-30-26(22)25/h4,6,8-16,30H,5,7,17-19H2,1-3H3. The summed E-state index contributed by atoms with van der Waals surface area (Å²) in [6.45, 7) is 8.37. The molecular weight excluding hydrogens is 399 g/mol. The van der Waals surface area contributed by atoms with Crippen LogP contribution in [-0.2, 0) is 24.9 Å². The maximum absolute atomic E-state index is 13.7. The zero-order valence-electron chi connectivity index (χ0n) is 19.1. The predicted molar refractivity (Wildman–Crippen MR) is 128 cm³/mol. The highest BCUT2D eigenvalue weighted by molar-refractivity contribution is 6.00. The van der Waals surface area contributed by atoms with E-state index in [0.29, 0.717) is 18.7 Å². The number of anilines is 1. The van der Waals surface area contributed by atoms with E-state index >= 15 is 0 Å².